The second-order valence-electron chi connectivity index (χ2n) is 15.9. The molecule has 9 nitrogen and oxygen atoms in total. The predicted molar refractivity (Wildman–Crippen MR) is 236 cm³/mol. The van der Waals surface area contributed by atoms with Gasteiger partial charge in [-0.25, -0.2) is 4.57 Å². The first-order valence-electron chi connectivity index (χ1n) is 21.9. The van der Waals surface area contributed by atoms with Gasteiger partial charge in [-0.2, -0.15) is 0 Å². The Bertz CT molecular complexity index is 1160. The Morgan fingerprint density at radius 2 is 1.23 bits per heavy atom. The van der Waals surface area contributed by atoms with E-state index < -0.39 is 26.1 Å². The van der Waals surface area contributed by atoms with E-state index in [-0.39, 0.29) is 25.5 Å². The van der Waals surface area contributed by atoms with E-state index in [9.17, 15) is 24.5 Å². The van der Waals surface area contributed by atoms with Crippen molar-refractivity contribution in [2.75, 3.05) is 40.9 Å². The molecule has 0 fully saturated rings. The van der Waals surface area contributed by atoms with Gasteiger partial charge in [-0.3, -0.25) is 13.8 Å². The van der Waals surface area contributed by atoms with Gasteiger partial charge in [-0.1, -0.05) is 177 Å². The lowest BCUT2D eigenvalue weighted by atomic mass is 10.0. The molecule has 0 radical (unpaired) electrons. The molecule has 1 amide bonds. The molecule has 0 saturated heterocycles. The van der Waals surface area contributed by atoms with Crippen LogP contribution in [0, 0.1) is 0 Å². The number of aliphatic hydroxyl groups is 2. The number of likely N-dealkylation sites (N-methyl/N-ethyl adjacent to an activating group) is 1. The molecule has 0 saturated carbocycles. The number of rotatable bonds is 38. The summed E-state index contributed by atoms with van der Waals surface area (Å²) in [5.41, 5.74) is 0. The molecule has 324 valence electrons. The van der Waals surface area contributed by atoms with E-state index in [2.05, 4.69) is 49.5 Å². The fourth-order valence-corrected chi connectivity index (χ4v) is 6.53. The Morgan fingerprint density at radius 1 is 0.696 bits per heavy atom. The quantitative estimate of drug-likeness (QED) is 0.0161. The van der Waals surface area contributed by atoms with Crippen molar-refractivity contribution >= 4 is 13.7 Å². The second-order valence-corrected chi connectivity index (χ2v) is 17.3. The summed E-state index contributed by atoms with van der Waals surface area (Å²) in [6.07, 6.45) is 45.4. The Morgan fingerprint density at radius 3 is 1.82 bits per heavy atom. The van der Waals surface area contributed by atoms with Gasteiger partial charge in [0.1, 0.15) is 13.2 Å². The number of aliphatic hydroxyl groups excluding tert-OH is 2. The third kappa shape index (κ3) is 38.8. The van der Waals surface area contributed by atoms with Crippen LogP contribution in [0.3, 0.4) is 0 Å². The van der Waals surface area contributed by atoms with Gasteiger partial charge in [0.25, 0.3) is 0 Å². The normalized spacial score (nSPS) is 15.6. The average Bonchev–Trinajstić information content (AvgIpc) is 3.14. The van der Waals surface area contributed by atoms with Crippen molar-refractivity contribution in [2.24, 2.45) is 0 Å². The highest BCUT2D eigenvalue weighted by Crippen LogP contribution is 2.43. The van der Waals surface area contributed by atoms with Crippen LogP contribution in [0.1, 0.15) is 155 Å². The smallest absolute Gasteiger partial charge is 0.391 e. The van der Waals surface area contributed by atoms with Gasteiger partial charge in [0.2, 0.25) is 5.91 Å². The minimum absolute atomic E-state index is 0.0482. The van der Waals surface area contributed by atoms with E-state index in [1.165, 1.54) is 70.6 Å². The van der Waals surface area contributed by atoms with Crippen LogP contribution in [-0.2, 0) is 18.4 Å². The zero-order valence-electron chi connectivity index (χ0n) is 36.2. The monoisotopic (exact) mass is 808 g/mol. The molecule has 2 unspecified atom stereocenters. The molecule has 0 rings (SSSR count). The van der Waals surface area contributed by atoms with Crippen LogP contribution in [-0.4, -0.2) is 84.6 Å². The number of nitrogens with zero attached hydrogens (tertiary/aromatic N) is 1. The molecule has 0 aromatic heterocycles. The molecule has 0 aliphatic heterocycles. The first-order chi connectivity index (χ1) is 26.9. The number of nitrogens with one attached hydrogen (secondary N) is 1. The van der Waals surface area contributed by atoms with Gasteiger partial charge < -0.3 is 24.9 Å². The molecule has 0 heterocycles. The van der Waals surface area contributed by atoms with Crippen LogP contribution in [0.15, 0.2) is 72.9 Å². The molecular formula is C46H84N2O7P+. The maximum atomic E-state index is 12.8. The summed E-state index contributed by atoms with van der Waals surface area (Å²) < 4.78 is 23.5. The number of hydrogen-bond acceptors (Lipinski definition) is 6. The maximum Gasteiger partial charge on any atom is 0.472 e. The van der Waals surface area contributed by atoms with Gasteiger partial charge in [0, 0.05) is 6.42 Å². The number of hydrogen-bond donors (Lipinski definition) is 4. The minimum Gasteiger partial charge on any atom is -0.391 e. The first kappa shape index (κ1) is 53.9. The lowest BCUT2D eigenvalue weighted by Crippen LogP contribution is -2.46. The predicted octanol–water partition coefficient (Wildman–Crippen LogP) is 11.0. The summed E-state index contributed by atoms with van der Waals surface area (Å²) >= 11 is 0. The highest BCUT2D eigenvalue weighted by Gasteiger charge is 2.28. The SMILES string of the molecule is CC/C=C\C/C=C\CC(O)/C=C/C=C\C/C=C\C/C=C\CCC(=O)N[C@@H](COP(=O)(O)OCC[N+](C)(C)C)[C@H](O)CCCCCCCCCCCCCCCC. The third-order valence-electron chi connectivity index (χ3n) is 9.31. The minimum atomic E-state index is -4.35. The van der Waals surface area contributed by atoms with Crippen LogP contribution < -0.4 is 5.32 Å². The number of quaternary nitrogens is 1. The zero-order chi connectivity index (χ0) is 41.6. The summed E-state index contributed by atoms with van der Waals surface area (Å²) in [7, 11) is 1.52. The number of phosphoric acid groups is 1. The van der Waals surface area contributed by atoms with Crippen molar-refractivity contribution in [3.8, 4) is 0 Å². The van der Waals surface area contributed by atoms with Crippen LogP contribution in [0.2, 0.25) is 0 Å². The van der Waals surface area contributed by atoms with E-state index in [0.29, 0.717) is 30.3 Å². The first-order valence-corrected chi connectivity index (χ1v) is 23.4. The molecule has 56 heavy (non-hydrogen) atoms. The lowest BCUT2D eigenvalue weighted by molar-refractivity contribution is -0.870. The second kappa shape index (κ2) is 37.2. The molecule has 0 aliphatic rings. The highest BCUT2D eigenvalue weighted by molar-refractivity contribution is 7.47. The Hall–Kier alpha value is -2.10. The molecule has 0 aliphatic carbocycles. The number of phosphoric ester groups is 1. The van der Waals surface area contributed by atoms with E-state index >= 15 is 0 Å². The summed E-state index contributed by atoms with van der Waals surface area (Å²) in [6.45, 7) is 4.62. The molecule has 4 N–H and O–H groups in total. The fourth-order valence-electron chi connectivity index (χ4n) is 5.80. The molecule has 0 aromatic carbocycles. The van der Waals surface area contributed by atoms with Crippen molar-refractivity contribution < 1.29 is 38.0 Å². The van der Waals surface area contributed by atoms with Crippen molar-refractivity contribution in [1.29, 1.82) is 0 Å². The number of unbranched alkanes of at least 4 members (excludes halogenated alkanes) is 13. The van der Waals surface area contributed by atoms with Gasteiger partial charge in [-0.15, -0.1) is 0 Å². The number of allylic oxidation sites excluding steroid dienone is 10. The van der Waals surface area contributed by atoms with E-state index in [1.807, 2.05) is 57.6 Å². The fraction of sp³-hybridized carbons (Fsp3) is 0.717. The van der Waals surface area contributed by atoms with Crippen molar-refractivity contribution in [3.63, 3.8) is 0 Å². The van der Waals surface area contributed by atoms with Crippen LogP contribution >= 0.6 is 7.82 Å². The van der Waals surface area contributed by atoms with Gasteiger partial charge >= 0.3 is 7.82 Å². The molecular weight excluding hydrogens is 723 g/mol. The van der Waals surface area contributed by atoms with E-state index in [4.69, 9.17) is 9.05 Å². The van der Waals surface area contributed by atoms with Gasteiger partial charge in [-0.05, 0) is 44.9 Å². The summed E-state index contributed by atoms with van der Waals surface area (Å²) in [4.78, 5) is 23.1. The largest absolute Gasteiger partial charge is 0.472 e. The lowest BCUT2D eigenvalue weighted by Gasteiger charge is -2.26. The summed E-state index contributed by atoms with van der Waals surface area (Å²) in [5, 5.41) is 23.9. The Labute approximate surface area is 343 Å². The van der Waals surface area contributed by atoms with Crippen molar-refractivity contribution in [1.82, 2.24) is 5.32 Å². The topological polar surface area (TPSA) is 125 Å². The maximum absolute atomic E-state index is 12.8. The van der Waals surface area contributed by atoms with Crippen molar-refractivity contribution in [2.45, 2.75) is 173 Å². The van der Waals surface area contributed by atoms with Crippen LogP contribution in [0.25, 0.3) is 0 Å². The molecule has 0 aromatic rings. The Kier molecular flexibility index (Phi) is 35.8. The molecule has 10 heteroatoms. The van der Waals surface area contributed by atoms with Crippen molar-refractivity contribution in [3.05, 3.63) is 72.9 Å². The van der Waals surface area contributed by atoms with Crippen LogP contribution in [0.5, 0.6) is 0 Å². The molecule has 4 atom stereocenters. The van der Waals surface area contributed by atoms with E-state index in [1.54, 1.807) is 6.08 Å². The summed E-state index contributed by atoms with van der Waals surface area (Å²) in [6, 6.07) is -0.820. The standard InChI is InChI=1S/C46H83N2O7P/c1-6-8-10-12-14-15-16-17-18-19-23-26-30-34-38-45(50)44(42-55-56(52,53)54-41-40-48(3,4)5)47-46(51)39-35-31-27-24-21-20-22-25-29-33-37-43(49)36-32-28-13-11-9-7-2/h9,11,20-21,25,27-29,31-33,37,43-45,49-50H,6-8,10,12-19,22-24,26,30,34-36,38-42H2,1-5H3,(H-,47,51,52,53)/p+1/b11-9-,21-20-,29-25-,31-27-,32-28-,37-33+/t43?,44-,45+/m0/s1. The molecule has 0 spiro atoms. The highest BCUT2D eigenvalue weighted by atomic mass is 31.2. The van der Waals surface area contributed by atoms with Crippen LogP contribution in [0.4, 0.5) is 0 Å². The third-order valence-corrected chi connectivity index (χ3v) is 10.3. The van der Waals surface area contributed by atoms with Gasteiger partial charge in [0.15, 0.2) is 0 Å². The number of carbonyl (C=O) groups excluding carboxylic acids is 1. The zero-order valence-corrected chi connectivity index (χ0v) is 37.1. The summed E-state index contributed by atoms with van der Waals surface area (Å²) in [5.74, 6) is -0.249. The number of carbonyl (C=O) groups is 1. The molecule has 0 bridgehead atoms. The van der Waals surface area contributed by atoms with E-state index in [0.717, 1.165) is 44.9 Å². The average molecular weight is 808 g/mol. The van der Waals surface area contributed by atoms with Gasteiger partial charge in [0.05, 0.1) is 46.0 Å². The number of amides is 1. The Balaban J connectivity index is 4.60.